The van der Waals surface area contributed by atoms with Gasteiger partial charge in [-0.15, -0.1) is 20.4 Å². The van der Waals surface area contributed by atoms with Gasteiger partial charge in [0.2, 0.25) is 30.5 Å². The third-order valence-corrected chi connectivity index (χ3v) is 17.0. The maximum atomic E-state index is 12.0. The number of hydrogen-bond acceptors (Lipinski definition) is 27. The number of nitrogens with one attached hydrogen (secondary N) is 3. The molecule has 0 aliphatic carbocycles. The first-order valence-electron chi connectivity index (χ1n) is 36.4. The van der Waals surface area contributed by atoms with E-state index in [1.807, 2.05) is 149 Å². The standard InChI is InChI=1S/C16H21NO4.C15H17N3O3.C14H19N3O3.C8H7ClO2.C8H15NO2.C7H11N3O.C7H16O3.CH4.H4N2.H2O/c1-2-20-15(18)14-8-10-17(11-9-14)16(19)21-12-13-6-4-3-5-7-13;19-15(20-10-12-4-2-1-3-5-12)18-8-6-13(7-9-18)14-17-16-11-21-14;15-16-13(18)12-6-8-17(9-7-12)14(19)20-10-11-4-2-1-3-5-11;9-8(10)11-6-7-4-2-1-3-5-7;1-2-11-8(10)7-3-5-9-6-4-7;1-3-8-4-2-6(1)7-10-9-5-11-7;1-4-8-7(9-5-2)10-6-3;;1-2;/h3-7,14H,2,8-12H2,1H3;1-5,11,13H,6-10H2;1-5,12H,6-10,15H2,(H,16,18);1-5H,6H2;7,9H,2-6H2,1H3;5-6,8H,1-4H2;7H,4-6H2,1-3H3;1H4;1-2H2;1H2. The number of piperidine rings is 5. The van der Waals surface area contributed by atoms with Gasteiger partial charge < -0.3 is 82.3 Å². The van der Waals surface area contributed by atoms with E-state index in [1.165, 1.54) is 12.8 Å². The molecule has 0 radical (unpaired) electrons. The molecule has 0 spiro atoms. The summed E-state index contributed by atoms with van der Waals surface area (Å²) in [5.41, 5.74) is 5.23. The molecule has 32 nitrogen and oxygen atoms in total. The number of carbonyl (C=O) groups excluding carboxylic acids is 7. The topological polar surface area (TPSA) is 436 Å². The molecule has 2 aromatic heterocycles. The zero-order valence-corrected chi connectivity index (χ0v) is 63.5. The van der Waals surface area contributed by atoms with Gasteiger partial charge in [0.25, 0.3) is 6.48 Å². The SMILES string of the molecule is C.CCOC(=O)C1CCN(C(=O)OCc2ccccc2)CC1.CCOC(=O)C1CCNCC1.CCOC(OCC)OCC.NN.NNC(=O)C1CCN(C(=O)OCc2ccccc2)CC1.O.O=C(Cl)OCc1ccccc1.O=C(OCc1ccccc1)N1CCC(c2nnco2)CC1.c1nnc(C2CCNCC2)o1. The number of nitrogens with zero attached hydrogens (tertiary/aromatic N) is 7. The van der Waals surface area contributed by atoms with E-state index in [0.29, 0.717) is 116 Å². The number of aromatic nitrogens is 4. The van der Waals surface area contributed by atoms with Crippen LogP contribution in [-0.4, -0.2) is 187 Å². The second-order valence-electron chi connectivity index (χ2n) is 24.2. The first-order chi connectivity index (χ1) is 52.2. The van der Waals surface area contributed by atoms with Crippen molar-refractivity contribution in [3.8, 4) is 0 Å². The molecular formula is C76H116ClN13O19. The van der Waals surface area contributed by atoms with E-state index in [-0.39, 0.29) is 92.5 Å². The van der Waals surface area contributed by atoms with Gasteiger partial charge in [-0.1, -0.05) is 129 Å². The van der Waals surface area contributed by atoms with E-state index in [2.05, 4.69) is 52.9 Å². The van der Waals surface area contributed by atoms with E-state index in [9.17, 15) is 33.6 Å². The lowest BCUT2D eigenvalue weighted by molar-refractivity contribution is -0.282. The zero-order valence-electron chi connectivity index (χ0n) is 62.8. The summed E-state index contributed by atoms with van der Waals surface area (Å²) in [6, 6.07) is 38.2. The Morgan fingerprint density at radius 3 is 1.06 bits per heavy atom. The van der Waals surface area contributed by atoms with Gasteiger partial charge in [-0.25, -0.2) is 25.0 Å². The van der Waals surface area contributed by atoms with Gasteiger partial charge in [0.1, 0.15) is 26.4 Å². The maximum absolute atomic E-state index is 12.0. The summed E-state index contributed by atoms with van der Waals surface area (Å²) in [5.74, 6) is 14.9. The van der Waals surface area contributed by atoms with Crippen molar-refractivity contribution in [2.75, 3.05) is 98.5 Å². The van der Waals surface area contributed by atoms with Crippen molar-refractivity contribution >= 4 is 53.2 Å². The lowest BCUT2D eigenvalue weighted by atomic mass is 9.96. The van der Waals surface area contributed by atoms with Gasteiger partial charge in [-0.3, -0.25) is 31.5 Å². The number of amides is 4. The van der Waals surface area contributed by atoms with Crippen molar-refractivity contribution in [3.05, 3.63) is 168 Å². The van der Waals surface area contributed by atoms with E-state index in [1.54, 1.807) is 21.6 Å². The summed E-state index contributed by atoms with van der Waals surface area (Å²) in [6.07, 6.45) is 10.1. The number of likely N-dealkylation sites (tertiary alicyclic amines) is 3. The second-order valence-corrected chi connectivity index (χ2v) is 24.5. The smallest absolute Gasteiger partial charge is 0.410 e. The average molecular weight is 1550 g/mol. The fourth-order valence-corrected chi connectivity index (χ4v) is 11.2. The van der Waals surface area contributed by atoms with Crippen molar-refractivity contribution in [1.29, 1.82) is 0 Å². The van der Waals surface area contributed by atoms with Crippen LogP contribution < -0.4 is 33.6 Å². The maximum Gasteiger partial charge on any atom is 0.410 e. The molecule has 0 bridgehead atoms. The molecule has 33 heteroatoms. The van der Waals surface area contributed by atoms with Gasteiger partial charge in [0, 0.05) is 88.4 Å². The predicted octanol–water partition coefficient (Wildman–Crippen LogP) is 9.87. The minimum Gasteiger partial charge on any atom is -0.466 e. The van der Waals surface area contributed by atoms with Crippen LogP contribution in [0.1, 0.15) is 152 Å². The van der Waals surface area contributed by atoms with Crippen molar-refractivity contribution in [2.24, 2.45) is 35.3 Å². The third kappa shape index (κ3) is 40.2. The zero-order chi connectivity index (χ0) is 77.5. The normalized spacial score (nSPS) is 15.0. The number of esters is 2. The van der Waals surface area contributed by atoms with Crippen LogP contribution in [0.2, 0.25) is 0 Å². The van der Waals surface area contributed by atoms with Crippen molar-refractivity contribution < 1.29 is 90.5 Å². The van der Waals surface area contributed by atoms with Crippen LogP contribution in [0.25, 0.3) is 0 Å². The molecule has 4 amide bonds. The van der Waals surface area contributed by atoms with Crippen LogP contribution in [-0.2, 0) is 83.4 Å². The fraction of sp³-hybridized carbons (Fsp3) is 0.539. The van der Waals surface area contributed by atoms with Crippen LogP contribution in [0, 0.1) is 17.8 Å². The molecule has 4 aromatic carbocycles. The molecule has 5 fully saturated rings. The minimum absolute atomic E-state index is 0. The molecule has 11 rings (SSSR count). The Kier molecular flexibility index (Phi) is 52.5. The lowest BCUT2D eigenvalue weighted by Crippen LogP contribution is -2.44. The Morgan fingerprint density at radius 1 is 0.450 bits per heavy atom. The quantitative estimate of drug-likeness (QED) is 0.00742. The first kappa shape index (κ1) is 95.9. The van der Waals surface area contributed by atoms with E-state index < -0.39 is 11.9 Å². The predicted molar refractivity (Wildman–Crippen MR) is 407 cm³/mol. The van der Waals surface area contributed by atoms with Crippen molar-refractivity contribution in [1.82, 2.24) is 51.2 Å². The number of ether oxygens (including phenoxy) is 9. The molecule has 5 saturated heterocycles. The van der Waals surface area contributed by atoms with Crippen LogP contribution in [0.4, 0.5) is 19.2 Å². The molecule has 109 heavy (non-hydrogen) atoms. The van der Waals surface area contributed by atoms with Crippen LogP contribution in [0.5, 0.6) is 0 Å². The Labute approximate surface area is 644 Å². The number of benzene rings is 4. The van der Waals surface area contributed by atoms with Crippen molar-refractivity contribution in [2.45, 2.75) is 151 Å². The van der Waals surface area contributed by atoms with Gasteiger partial charge in [-0.2, -0.15) is 0 Å². The number of hydrazine groups is 2. The highest BCUT2D eigenvalue weighted by molar-refractivity contribution is 6.61. The molecule has 0 unspecified atom stereocenters. The summed E-state index contributed by atoms with van der Waals surface area (Å²) in [5, 5.41) is 21.7. The Bertz CT molecular complexity index is 3260. The minimum atomic E-state index is -0.770. The monoisotopic (exact) mass is 1550 g/mol. The van der Waals surface area contributed by atoms with Crippen LogP contribution >= 0.6 is 11.6 Å². The first-order valence-corrected chi connectivity index (χ1v) is 36.7. The molecule has 606 valence electrons. The van der Waals surface area contributed by atoms with Gasteiger partial charge in [0.15, 0.2) is 0 Å². The third-order valence-electron chi connectivity index (χ3n) is 16.9. The van der Waals surface area contributed by atoms with Gasteiger partial charge in [-0.05, 0) is 147 Å². The van der Waals surface area contributed by atoms with Crippen LogP contribution in [0.15, 0.2) is 143 Å². The number of hydrogen-bond donors (Lipinski definition) is 6. The highest BCUT2D eigenvalue weighted by Crippen LogP contribution is 2.27. The summed E-state index contributed by atoms with van der Waals surface area (Å²) in [6.45, 7) is 20.2. The molecule has 0 atom stereocenters. The number of nitrogens with two attached hydrogens (primary N) is 3. The molecule has 11 N–H and O–H groups in total. The van der Waals surface area contributed by atoms with E-state index in [0.717, 1.165) is 92.8 Å². The molecule has 5 aliphatic heterocycles. The van der Waals surface area contributed by atoms with E-state index in [4.69, 9.17) is 64.2 Å². The highest BCUT2D eigenvalue weighted by Gasteiger charge is 2.31. The Balaban J connectivity index is 0.000000438. The molecule has 0 saturated carbocycles. The molecule has 6 aromatic rings. The lowest BCUT2D eigenvalue weighted by Gasteiger charge is -2.30. The number of carbonyl (C=O) groups is 7. The van der Waals surface area contributed by atoms with Crippen LogP contribution in [0.3, 0.4) is 0 Å². The highest BCUT2D eigenvalue weighted by atomic mass is 35.5. The molecule has 5 aliphatic rings. The largest absolute Gasteiger partial charge is 0.466 e. The fourth-order valence-electron chi connectivity index (χ4n) is 11.1. The summed E-state index contributed by atoms with van der Waals surface area (Å²) in [4.78, 5) is 85.2. The number of rotatable bonds is 21. The Hall–Kier alpha value is -9.22. The summed E-state index contributed by atoms with van der Waals surface area (Å²) < 4.78 is 55.9. The summed E-state index contributed by atoms with van der Waals surface area (Å²) >= 11 is 4.97. The second kappa shape index (κ2) is 59.7. The van der Waals surface area contributed by atoms with Crippen molar-refractivity contribution in [3.63, 3.8) is 0 Å². The van der Waals surface area contributed by atoms with Gasteiger partial charge >= 0.3 is 35.6 Å². The average Bonchev–Trinajstić information content (AvgIpc) is 1.39. The Morgan fingerprint density at radius 2 is 0.752 bits per heavy atom. The van der Waals surface area contributed by atoms with E-state index >= 15 is 0 Å². The molecular weight excluding hydrogens is 1430 g/mol. The summed E-state index contributed by atoms with van der Waals surface area (Å²) in [7, 11) is 0. The molecule has 7 heterocycles. The number of halogens is 1. The van der Waals surface area contributed by atoms with Gasteiger partial charge in [0.05, 0.1) is 25.0 Å².